The van der Waals surface area contributed by atoms with Crippen LogP contribution in [0.4, 0.5) is 13.2 Å². The number of rotatable bonds is 1. The highest BCUT2D eigenvalue weighted by Gasteiger charge is 2.30. The number of nitrogens with zero attached hydrogens (tertiary/aromatic N) is 1. The topological polar surface area (TPSA) is 33.0 Å². The van der Waals surface area contributed by atoms with Gasteiger partial charge in [0.2, 0.25) is 0 Å². The summed E-state index contributed by atoms with van der Waals surface area (Å²) in [5.41, 5.74) is 0.0295. The molecule has 1 aromatic carbocycles. The van der Waals surface area contributed by atoms with Crippen LogP contribution in [0.5, 0.6) is 0 Å². The van der Waals surface area contributed by atoms with Gasteiger partial charge in [-0.2, -0.15) is 18.4 Å². The quantitative estimate of drug-likeness (QED) is 0.763. The molecule has 1 heterocycles. The van der Waals surface area contributed by atoms with E-state index < -0.39 is 17.8 Å². The maximum absolute atomic E-state index is 12.4. The Morgan fingerprint density at radius 2 is 1.83 bits per heavy atom. The second kappa shape index (κ2) is 4.99. The van der Waals surface area contributed by atoms with Crippen LogP contribution in [0.25, 0.3) is 0 Å². The van der Waals surface area contributed by atoms with Crippen molar-refractivity contribution >= 4 is 0 Å². The van der Waals surface area contributed by atoms with Gasteiger partial charge in [0.25, 0.3) is 0 Å². The lowest BCUT2D eigenvalue weighted by atomic mass is 9.98. The molecule has 0 amide bonds. The normalized spacial score (nSPS) is 24.6. The van der Waals surface area contributed by atoms with Crippen LogP contribution in [-0.2, 0) is 10.9 Å². The number of hydrogen-bond acceptors (Lipinski definition) is 2. The predicted octanol–water partition coefficient (Wildman–Crippen LogP) is 3.84. The van der Waals surface area contributed by atoms with Crippen molar-refractivity contribution in [1.29, 1.82) is 5.26 Å². The zero-order chi connectivity index (χ0) is 13.2. The molecule has 0 saturated carbocycles. The van der Waals surface area contributed by atoms with E-state index in [4.69, 9.17) is 10.00 Å². The second-order valence-corrected chi connectivity index (χ2v) is 4.29. The van der Waals surface area contributed by atoms with Gasteiger partial charge in [-0.05, 0) is 37.0 Å². The van der Waals surface area contributed by atoms with Crippen molar-refractivity contribution in [3.63, 3.8) is 0 Å². The second-order valence-electron chi connectivity index (χ2n) is 4.29. The Labute approximate surface area is 103 Å². The van der Waals surface area contributed by atoms with Crippen LogP contribution < -0.4 is 0 Å². The van der Waals surface area contributed by atoms with Gasteiger partial charge in [-0.15, -0.1) is 0 Å². The van der Waals surface area contributed by atoms with E-state index in [9.17, 15) is 13.2 Å². The zero-order valence-corrected chi connectivity index (χ0v) is 9.57. The smallest absolute Gasteiger partial charge is 0.355 e. The van der Waals surface area contributed by atoms with Gasteiger partial charge in [-0.1, -0.05) is 12.1 Å². The molecule has 96 valence electrons. The zero-order valence-electron chi connectivity index (χ0n) is 9.57. The van der Waals surface area contributed by atoms with Crippen molar-refractivity contribution in [2.75, 3.05) is 0 Å². The van der Waals surface area contributed by atoms with Crippen LogP contribution >= 0.6 is 0 Å². The lowest BCUT2D eigenvalue weighted by Gasteiger charge is -2.26. The first-order chi connectivity index (χ1) is 8.50. The van der Waals surface area contributed by atoms with Gasteiger partial charge in [0.15, 0.2) is 0 Å². The standard InChI is InChI=1S/C13H12F3NO/c14-13(15,16)10-6-4-9(5-7-10)12-3-1-2-11(8-17)18-12/h4-7,11-12H,1-3H2. The summed E-state index contributed by atoms with van der Waals surface area (Å²) < 4.78 is 42.7. The van der Waals surface area contributed by atoms with Gasteiger partial charge in [0.05, 0.1) is 17.7 Å². The van der Waals surface area contributed by atoms with Crippen molar-refractivity contribution in [2.24, 2.45) is 0 Å². The number of hydrogen-bond donors (Lipinski definition) is 0. The van der Waals surface area contributed by atoms with Crippen LogP contribution in [-0.4, -0.2) is 6.10 Å². The fraction of sp³-hybridized carbons (Fsp3) is 0.462. The molecule has 0 spiro atoms. The summed E-state index contributed by atoms with van der Waals surface area (Å²) in [4.78, 5) is 0. The van der Waals surface area contributed by atoms with E-state index in [0.29, 0.717) is 12.0 Å². The summed E-state index contributed by atoms with van der Waals surface area (Å²) in [5.74, 6) is 0. The summed E-state index contributed by atoms with van der Waals surface area (Å²) in [6, 6.07) is 6.99. The Kier molecular flexibility index (Phi) is 3.58. The molecule has 0 aromatic heterocycles. The summed E-state index contributed by atoms with van der Waals surface area (Å²) in [6.07, 6.45) is -2.76. The minimum Gasteiger partial charge on any atom is -0.355 e. The molecule has 1 fully saturated rings. The fourth-order valence-electron chi connectivity index (χ4n) is 2.05. The van der Waals surface area contributed by atoms with Crippen molar-refractivity contribution in [1.82, 2.24) is 0 Å². The van der Waals surface area contributed by atoms with Crippen molar-refractivity contribution in [2.45, 2.75) is 37.6 Å². The molecule has 2 atom stereocenters. The molecule has 2 rings (SSSR count). The minimum absolute atomic E-state index is 0.273. The molecule has 0 N–H and O–H groups in total. The summed E-state index contributed by atoms with van der Waals surface area (Å²) in [6.45, 7) is 0. The maximum Gasteiger partial charge on any atom is 0.416 e. The van der Waals surface area contributed by atoms with Crippen molar-refractivity contribution in [3.05, 3.63) is 35.4 Å². The molecule has 1 aliphatic rings. The van der Waals surface area contributed by atoms with Gasteiger partial charge in [0.1, 0.15) is 6.10 Å². The Balaban J connectivity index is 2.12. The van der Waals surface area contributed by atoms with E-state index in [1.54, 1.807) is 0 Å². The SMILES string of the molecule is N#CC1CCCC(c2ccc(C(F)(F)F)cc2)O1. The van der Waals surface area contributed by atoms with Gasteiger partial charge < -0.3 is 4.74 Å². The van der Waals surface area contributed by atoms with E-state index in [1.165, 1.54) is 12.1 Å². The number of benzene rings is 1. The molecule has 0 bridgehead atoms. The first-order valence-electron chi connectivity index (χ1n) is 5.73. The molecule has 1 saturated heterocycles. The number of nitriles is 1. The van der Waals surface area contributed by atoms with E-state index >= 15 is 0 Å². The van der Waals surface area contributed by atoms with Crippen molar-refractivity contribution < 1.29 is 17.9 Å². The van der Waals surface area contributed by atoms with Gasteiger partial charge in [0, 0.05) is 0 Å². The molecular weight excluding hydrogens is 243 g/mol. The Hall–Kier alpha value is -1.54. The monoisotopic (exact) mass is 255 g/mol. The molecule has 5 heteroatoms. The molecule has 2 nitrogen and oxygen atoms in total. The Bertz CT molecular complexity index is 447. The molecule has 0 aliphatic carbocycles. The van der Waals surface area contributed by atoms with E-state index in [0.717, 1.165) is 25.0 Å². The van der Waals surface area contributed by atoms with Crippen LogP contribution in [0.3, 0.4) is 0 Å². The van der Waals surface area contributed by atoms with Crippen LogP contribution in [0.15, 0.2) is 24.3 Å². The molecule has 1 aromatic rings. The largest absolute Gasteiger partial charge is 0.416 e. The highest BCUT2D eigenvalue weighted by atomic mass is 19.4. The number of alkyl halides is 3. The Morgan fingerprint density at radius 3 is 2.39 bits per heavy atom. The molecular formula is C13H12F3NO. The fourth-order valence-corrected chi connectivity index (χ4v) is 2.05. The van der Waals surface area contributed by atoms with Gasteiger partial charge >= 0.3 is 6.18 Å². The Morgan fingerprint density at radius 1 is 1.17 bits per heavy atom. The lowest BCUT2D eigenvalue weighted by molar-refractivity contribution is -0.137. The highest BCUT2D eigenvalue weighted by Crippen LogP contribution is 2.34. The molecule has 0 radical (unpaired) electrons. The minimum atomic E-state index is -4.32. The van der Waals surface area contributed by atoms with E-state index in [2.05, 4.69) is 0 Å². The highest BCUT2D eigenvalue weighted by molar-refractivity contribution is 5.26. The third-order valence-electron chi connectivity index (χ3n) is 3.01. The third kappa shape index (κ3) is 2.82. The van der Waals surface area contributed by atoms with E-state index in [1.807, 2.05) is 6.07 Å². The third-order valence-corrected chi connectivity index (χ3v) is 3.01. The number of halogens is 3. The average Bonchev–Trinajstić information content (AvgIpc) is 2.38. The summed E-state index contributed by atoms with van der Waals surface area (Å²) >= 11 is 0. The number of ether oxygens (including phenoxy) is 1. The molecule has 18 heavy (non-hydrogen) atoms. The maximum atomic E-state index is 12.4. The lowest BCUT2D eigenvalue weighted by Crippen LogP contribution is -2.20. The molecule has 1 aliphatic heterocycles. The van der Waals surface area contributed by atoms with Crippen molar-refractivity contribution in [3.8, 4) is 6.07 Å². The first-order valence-corrected chi connectivity index (χ1v) is 5.73. The predicted molar refractivity (Wildman–Crippen MR) is 58.5 cm³/mol. The van der Waals surface area contributed by atoms with Crippen LogP contribution in [0, 0.1) is 11.3 Å². The van der Waals surface area contributed by atoms with Gasteiger partial charge in [-0.3, -0.25) is 0 Å². The molecule has 2 unspecified atom stereocenters. The summed E-state index contributed by atoms with van der Waals surface area (Å²) in [7, 11) is 0. The summed E-state index contributed by atoms with van der Waals surface area (Å²) in [5, 5.41) is 8.78. The average molecular weight is 255 g/mol. The first kappa shape index (κ1) is 12.9. The van der Waals surface area contributed by atoms with Crippen LogP contribution in [0.2, 0.25) is 0 Å². The van der Waals surface area contributed by atoms with E-state index in [-0.39, 0.29) is 6.10 Å². The van der Waals surface area contributed by atoms with Crippen LogP contribution in [0.1, 0.15) is 36.5 Å². The van der Waals surface area contributed by atoms with Gasteiger partial charge in [-0.25, -0.2) is 0 Å².